The number of halogens is 2. The van der Waals surface area contributed by atoms with Crippen molar-refractivity contribution in [3.05, 3.63) is 45.2 Å². The molecule has 0 atom stereocenters. The van der Waals surface area contributed by atoms with Crippen LogP contribution in [0.5, 0.6) is 0 Å². The Morgan fingerprint density at radius 1 is 1.42 bits per heavy atom. The molecule has 0 bridgehead atoms. The third-order valence-electron chi connectivity index (χ3n) is 2.70. The molecule has 0 aliphatic carbocycles. The van der Waals surface area contributed by atoms with E-state index in [9.17, 15) is 4.79 Å². The van der Waals surface area contributed by atoms with Gasteiger partial charge >= 0.3 is 5.97 Å². The number of aromatic carboxylic acids is 1. The molecule has 1 N–H and O–H groups in total. The zero-order valence-corrected chi connectivity index (χ0v) is 11.6. The van der Waals surface area contributed by atoms with Crippen molar-refractivity contribution in [3.8, 4) is 0 Å². The summed E-state index contributed by atoms with van der Waals surface area (Å²) in [5.41, 5.74) is 1.30. The number of carboxylic acids is 1. The van der Waals surface area contributed by atoms with Crippen LogP contribution >= 0.6 is 23.2 Å². The molecule has 1 aromatic carbocycles. The van der Waals surface area contributed by atoms with Gasteiger partial charge in [0.2, 0.25) is 0 Å². The summed E-state index contributed by atoms with van der Waals surface area (Å²) in [7, 11) is 0. The second kappa shape index (κ2) is 5.59. The Morgan fingerprint density at radius 2 is 2.16 bits per heavy atom. The van der Waals surface area contributed by atoms with Gasteiger partial charge in [0.15, 0.2) is 5.69 Å². The molecular formula is C12H11Cl2N3O2. The van der Waals surface area contributed by atoms with Crippen LogP contribution in [0.3, 0.4) is 0 Å². The van der Waals surface area contributed by atoms with Crippen LogP contribution in [0.15, 0.2) is 18.2 Å². The van der Waals surface area contributed by atoms with Crippen molar-refractivity contribution in [3.63, 3.8) is 0 Å². The van der Waals surface area contributed by atoms with Crippen LogP contribution in [0.25, 0.3) is 0 Å². The second-order valence-corrected chi connectivity index (χ2v) is 4.78. The van der Waals surface area contributed by atoms with Crippen molar-refractivity contribution in [1.82, 2.24) is 15.0 Å². The van der Waals surface area contributed by atoms with Crippen LogP contribution in [-0.4, -0.2) is 26.1 Å². The predicted molar refractivity (Wildman–Crippen MR) is 71.9 cm³/mol. The van der Waals surface area contributed by atoms with Crippen molar-refractivity contribution in [2.24, 2.45) is 0 Å². The molecule has 2 aromatic rings. The van der Waals surface area contributed by atoms with E-state index in [1.807, 2.05) is 6.92 Å². The summed E-state index contributed by atoms with van der Waals surface area (Å²) in [6.07, 6.45) is 0.521. The normalized spacial score (nSPS) is 10.7. The maximum atomic E-state index is 11.0. The standard InChI is InChI=1S/C12H11Cl2N3O2/c1-2-10-11(12(18)19)15-16-17(10)6-7-5-8(13)3-4-9(7)14/h3-5H,2,6H2,1H3,(H,18,19). The van der Waals surface area contributed by atoms with E-state index in [1.54, 1.807) is 18.2 Å². The van der Waals surface area contributed by atoms with E-state index in [4.69, 9.17) is 28.3 Å². The van der Waals surface area contributed by atoms with Gasteiger partial charge in [-0.05, 0) is 30.2 Å². The maximum Gasteiger partial charge on any atom is 0.358 e. The third-order valence-corrected chi connectivity index (χ3v) is 3.31. The molecule has 0 aliphatic heterocycles. The fourth-order valence-electron chi connectivity index (χ4n) is 1.80. The Labute approximate surface area is 119 Å². The Morgan fingerprint density at radius 3 is 2.79 bits per heavy atom. The molecule has 0 spiro atoms. The van der Waals surface area contributed by atoms with Crippen LogP contribution in [0.1, 0.15) is 28.7 Å². The fourth-order valence-corrected chi connectivity index (χ4v) is 2.17. The van der Waals surface area contributed by atoms with Gasteiger partial charge in [0.05, 0.1) is 12.2 Å². The first-order valence-electron chi connectivity index (χ1n) is 5.62. The van der Waals surface area contributed by atoms with Crippen LogP contribution in [0.4, 0.5) is 0 Å². The average Bonchev–Trinajstić information content (AvgIpc) is 2.76. The van der Waals surface area contributed by atoms with Crippen molar-refractivity contribution >= 4 is 29.2 Å². The number of aromatic nitrogens is 3. The lowest BCUT2D eigenvalue weighted by atomic mass is 10.2. The molecule has 0 saturated heterocycles. The lowest BCUT2D eigenvalue weighted by Crippen LogP contribution is -2.09. The number of carboxylic acid groups (broad SMARTS) is 1. The van der Waals surface area contributed by atoms with Crippen LogP contribution in [-0.2, 0) is 13.0 Å². The Bertz CT molecular complexity index is 625. The molecule has 2 rings (SSSR count). The zero-order valence-electron chi connectivity index (χ0n) is 10.1. The van der Waals surface area contributed by atoms with Crippen molar-refractivity contribution < 1.29 is 9.90 Å². The molecule has 0 amide bonds. The number of rotatable bonds is 4. The quantitative estimate of drug-likeness (QED) is 0.942. The number of hydrogen-bond donors (Lipinski definition) is 1. The van der Waals surface area contributed by atoms with E-state index in [1.165, 1.54) is 4.68 Å². The first kappa shape index (κ1) is 13.8. The highest BCUT2D eigenvalue weighted by atomic mass is 35.5. The first-order chi connectivity index (χ1) is 9.02. The molecule has 1 aromatic heterocycles. The Hall–Kier alpha value is -1.59. The van der Waals surface area contributed by atoms with Crippen molar-refractivity contribution in [1.29, 1.82) is 0 Å². The van der Waals surface area contributed by atoms with Crippen LogP contribution in [0.2, 0.25) is 10.0 Å². The number of nitrogens with zero attached hydrogens (tertiary/aromatic N) is 3. The van der Waals surface area contributed by atoms with Crippen LogP contribution < -0.4 is 0 Å². The number of benzene rings is 1. The molecule has 100 valence electrons. The van der Waals surface area contributed by atoms with E-state index in [-0.39, 0.29) is 5.69 Å². The molecule has 5 nitrogen and oxygen atoms in total. The molecule has 0 saturated carbocycles. The summed E-state index contributed by atoms with van der Waals surface area (Å²) in [6, 6.07) is 5.11. The van der Waals surface area contributed by atoms with Gasteiger partial charge in [0, 0.05) is 10.0 Å². The number of hydrogen-bond acceptors (Lipinski definition) is 3. The lowest BCUT2D eigenvalue weighted by molar-refractivity contribution is 0.0689. The summed E-state index contributed by atoms with van der Waals surface area (Å²) in [5, 5.41) is 17.7. The summed E-state index contributed by atoms with van der Waals surface area (Å²) < 4.78 is 1.53. The smallest absolute Gasteiger partial charge is 0.358 e. The molecule has 0 aliphatic rings. The topological polar surface area (TPSA) is 68.0 Å². The molecule has 0 radical (unpaired) electrons. The van der Waals surface area contributed by atoms with Gasteiger partial charge in [0.25, 0.3) is 0 Å². The van der Waals surface area contributed by atoms with E-state index >= 15 is 0 Å². The highest BCUT2D eigenvalue weighted by Gasteiger charge is 2.18. The van der Waals surface area contributed by atoms with E-state index < -0.39 is 5.97 Å². The molecule has 0 unspecified atom stereocenters. The van der Waals surface area contributed by atoms with Crippen molar-refractivity contribution in [2.45, 2.75) is 19.9 Å². The van der Waals surface area contributed by atoms with E-state index in [0.717, 1.165) is 5.56 Å². The highest BCUT2D eigenvalue weighted by Crippen LogP contribution is 2.22. The molecule has 19 heavy (non-hydrogen) atoms. The zero-order chi connectivity index (χ0) is 14.0. The van der Waals surface area contributed by atoms with Crippen molar-refractivity contribution in [2.75, 3.05) is 0 Å². The summed E-state index contributed by atoms with van der Waals surface area (Å²) >= 11 is 12.0. The van der Waals surface area contributed by atoms with Gasteiger partial charge in [-0.2, -0.15) is 0 Å². The first-order valence-corrected chi connectivity index (χ1v) is 6.38. The lowest BCUT2D eigenvalue weighted by Gasteiger charge is -2.07. The minimum atomic E-state index is -1.08. The van der Waals surface area contributed by atoms with Gasteiger partial charge in [-0.25, -0.2) is 9.48 Å². The van der Waals surface area contributed by atoms with Gasteiger partial charge < -0.3 is 5.11 Å². The minimum Gasteiger partial charge on any atom is -0.476 e. The van der Waals surface area contributed by atoms with Gasteiger partial charge in [0.1, 0.15) is 0 Å². The summed E-state index contributed by atoms with van der Waals surface area (Å²) in [6.45, 7) is 2.18. The summed E-state index contributed by atoms with van der Waals surface area (Å²) in [5.74, 6) is -1.08. The minimum absolute atomic E-state index is 0.0272. The monoisotopic (exact) mass is 299 g/mol. The van der Waals surface area contributed by atoms with Gasteiger partial charge in [-0.15, -0.1) is 5.10 Å². The SMILES string of the molecule is CCc1c(C(=O)O)nnn1Cc1cc(Cl)ccc1Cl. The second-order valence-electron chi connectivity index (χ2n) is 3.94. The van der Waals surface area contributed by atoms with Gasteiger partial charge in [-0.3, -0.25) is 0 Å². The third kappa shape index (κ3) is 2.88. The highest BCUT2D eigenvalue weighted by molar-refractivity contribution is 6.33. The molecule has 1 heterocycles. The fraction of sp³-hybridized carbons (Fsp3) is 0.250. The maximum absolute atomic E-state index is 11.0. The van der Waals surface area contributed by atoms with Crippen LogP contribution in [0, 0.1) is 0 Å². The van der Waals surface area contributed by atoms with E-state index in [0.29, 0.717) is 28.7 Å². The molecule has 7 heteroatoms. The molecule has 0 fully saturated rings. The van der Waals surface area contributed by atoms with Gasteiger partial charge in [-0.1, -0.05) is 35.3 Å². The Balaban J connectivity index is 2.38. The Kier molecular flexibility index (Phi) is 4.07. The number of carbonyl (C=O) groups is 1. The average molecular weight is 300 g/mol. The molecular weight excluding hydrogens is 289 g/mol. The predicted octanol–water partition coefficient (Wildman–Crippen LogP) is 2.89. The van der Waals surface area contributed by atoms with E-state index in [2.05, 4.69) is 10.3 Å². The summed E-state index contributed by atoms with van der Waals surface area (Å²) in [4.78, 5) is 11.0. The largest absolute Gasteiger partial charge is 0.476 e.